The molecule has 0 atom stereocenters. The van der Waals surface area contributed by atoms with Crippen molar-refractivity contribution in [3.63, 3.8) is 0 Å². The summed E-state index contributed by atoms with van der Waals surface area (Å²) in [6, 6.07) is 0. The van der Waals surface area contributed by atoms with E-state index in [0.717, 1.165) is 0 Å². The van der Waals surface area contributed by atoms with Gasteiger partial charge in [-0.15, -0.1) is 10.6 Å². The van der Waals surface area contributed by atoms with Gasteiger partial charge in [-0.05, 0) is 0 Å². The second-order valence-corrected chi connectivity index (χ2v) is 4.06. The fourth-order valence-corrected chi connectivity index (χ4v) is 1.06. The van der Waals surface area contributed by atoms with Crippen LogP contribution in [0.4, 0.5) is 0 Å². The molecule has 6 heavy (non-hydrogen) atoms. The van der Waals surface area contributed by atoms with Crippen LogP contribution in [-0.4, -0.2) is 34.1 Å². The molecule has 0 aliphatic rings. The Bertz CT molecular complexity index is 15.0. The maximum absolute atomic E-state index is 2.27. The molecule has 0 aliphatic carbocycles. The van der Waals surface area contributed by atoms with E-state index < -0.39 is 0 Å². The summed E-state index contributed by atoms with van der Waals surface area (Å²) < 4.78 is 0. The van der Waals surface area contributed by atoms with E-state index in [-0.39, 0.29) is 18.9 Å². The molecule has 1 radical (unpaired) electrons. The molecule has 31 valence electrons. The van der Waals surface area contributed by atoms with Gasteiger partial charge in [0.05, 0.1) is 0 Å². The van der Waals surface area contributed by atoms with Gasteiger partial charge in [-0.3, -0.25) is 0 Å². The van der Waals surface area contributed by atoms with E-state index in [2.05, 4.69) is 13.8 Å². The Kier molecular flexibility index (Phi) is 16.0. The van der Waals surface area contributed by atoms with Crippen LogP contribution in [0.25, 0.3) is 0 Å². The van der Waals surface area contributed by atoms with Gasteiger partial charge in [0.2, 0.25) is 15.2 Å². The molecule has 0 rings (SSSR count). The molecule has 0 nitrogen and oxygen atoms in total. The summed E-state index contributed by atoms with van der Waals surface area (Å²) in [5.41, 5.74) is 0. The van der Waals surface area contributed by atoms with Gasteiger partial charge in [-0.2, -0.15) is 0 Å². The first-order valence-electron chi connectivity index (χ1n) is 2.41. The normalized spacial score (nSPS) is 6.33. The minimum atomic E-state index is 0. The van der Waals surface area contributed by atoms with Crippen molar-refractivity contribution in [3.8, 4) is 0 Å². The third kappa shape index (κ3) is 8.93. The van der Waals surface area contributed by atoms with Crippen molar-refractivity contribution in [2.75, 3.05) is 0 Å². The van der Waals surface area contributed by atoms with Gasteiger partial charge < -0.3 is 0 Å². The van der Waals surface area contributed by atoms with Crippen molar-refractivity contribution in [2.24, 2.45) is 0 Å². The first kappa shape index (κ1) is 10.2. The maximum Gasteiger partial charge on any atom is 0.236 e. The van der Waals surface area contributed by atoms with Gasteiger partial charge >= 0.3 is 0 Å². The SMILES string of the molecule is C[CH2][AlH][CH2]C.[Li]. The minimum absolute atomic E-state index is 0. The van der Waals surface area contributed by atoms with Gasteiger partial charge in [-0.1, -0.05) is 13.8 Å². The molecule has 0 saturated carbocycles. The quantitative estimate of drug-likeness (QED) is 0.445. The average Bonchev–Trinajstić information content (AvgIpc) is 1.41. The van der Waals surface area contributed by atoms with Gasteiger partial charge in [0.15, 0.2) is 0 Å². The second kappa shape index (κ2) is 9.46. The molecular formula is C4H11AlLi. The molecule has 0 N–H and O–H groups in total. The summed E-state index contributed by atoms with van der Waals surface area (Å²) in [4.78, 5) is 0. The fraction of sp³-hybridized carbons (Fsp3) is 1.00. The zero-order valence-electron chi connectivity index (χ0n) is 5.12. The summed E-state index contributed by atoms with van der Waals surface area (Å²) >= 11 is 0.432. The predicted molar refractivity (Wildman–Crippen MR) is 33.9 cm³/mol. The maximum atomic E-state index is 2.27. The first-order valence-corrected chi connectivity index (χ1v) is 4.41. The van der Waals surface area contributed by atoms with Gasteiger partial charge in [-0.25, -0.2) is 0 Å². The molecule has 0 amide bonds. The molecular weight excluding hydrogens is 82.0 g/mol. The molecule has 2 heteroatoms. The zero-order valence-corrected chi connectivity index (χ0v) is 6.54. The molecule has 0 unspecified atom stereocenters. The smallest absolute Gasteiger partial charge is 0.100 e. The van der Waals surface area contributed by atoms with Gasteiger partial charge in [0.25, 0.3) is 0 Å². The van der Waals surface area contributed by atoms with Crippen LogP contribution in [0, 0.1) is 0 Å². The van der Waals surface area contributed by atoms with Crippen LogP contribution in [0.2, 0.25) is 10.6 Å². The van der Waals surface area contributed by atoms with Crippen LogP contribution < -0.4 is 0 Å². The molecule has 0 bridgehead atoms. The van der Waals surface area contributed by atoms with Crippen molar-refractivity contribution < 1.29 is 0 Å². The Balaban J connectivity index is 0. The first-order chi connectivity index (χ1) is 2.41. The van der Waals surface area contributed by atoms with Crippen LogP contribution in [0.3, 0.4) is 0 Å². The van der Waals surface area contributed by atoms with E-state index in [1.54, 1.807) is 0 Å². The number of hydrogen-bond acceptors (Lipinski definition) is 0. The molecule has 0 aromatic rings. The Labute approximate surface area is 58.6 Å². The summed E-state index contributed by atoms with van der Waals surface area (Å²) in [6.07, 6.45) is 0. The van der Waals surface area contributed by atoms with Crippen molar-refractivity contribution in [3.05, 3.63) is 0 Å². The molecule has 0 aromatic heterocycles. The van der Waals surface area contributed by atoms with Crippen molar-refractivity contribution in [1.29, 1.82) is 0 Å². The van der Waals surface area contributed by atoms with E-state index >= 15 is 0 Å². The topological polar surface area (TPSA) is 0 Å². The Morgan fingerprint density at radius 3 is 1.50 bits per heavy atom. The molecule has 0 fully saturated rings. The van der Waals surface area contributed by atoms with Crippen LogP contribution in [-0.2, 0) is 0 Å². The van der Waals surface area contributed by atoms with Crippen LogP contribution in [0.15, 0.2) is 0 Å². The monoisotopic (exact) mass is 93.1 g/mol. The standard InChI is InChI=1S/2C2H5.Al.Li.H/c2*1-2;;;/h2*1H2,2H3;;;. The predicted octanol–water partition coefficient (Wildman–Crippen LogP) is 0.918. The third-order valence-corrected chi connectivity index (χ3v) is 2.12. The van der Waals surface area contributed by atoms with Crippen molar-refractivity contribution >= 4 is 34.1 Å². The molecule has 0 spiro atoms. The van der Waals surface area contributed by atoms with Crippen LogP contribution in [0.1, 0.15) is 13.8 Å². The summed E-state index contributed by atoms with van der Waals surface area (Å²) in [6.45, 7) is 4.55. The Hall–Kier alpha value is 1.13. The second-order valence-electron chi connectivity index (χ2n) is 1.35. The number of hydrogen-bond donors (Lipinski definition) is 0. The van der Waals surface area contributed by atoms with Crippen LogP contribution >= 0.6 is 0 Å². The van der Waals surface area contributed by atoms with E-state index in [9.17, 15) is 0 Å². The van der Waals surface area contributed by atoms with Gasteiger partial charge in [0, 0.05) is 18.9 Å². The number of rotatable bonds is 2. The molecule has 0 heterocycles. The Morgan fingerprint density at radius 1 is 1.17 bits per heavy atom. The van der Waals surface area contributed by atoms with Crippen molar-refractivity contribution in [2.45, 2.75) is 24.4 Å². The van der Waals surface area contributed by atoms with E-state index in [0.29, 0.717) is 15.2 Å². The summed E-state index contributed by atoms with van der Waals surface area (Å²) in [5.74, 6) is 0. The fourth-order valence-electron chi connectivity index (χ4n) is 0.354. The average molecular weight is 93.1 g/mol. The third-order valence-electron chi connectivity index (χ3n) is 0.707. The zero-order chi connectivity index (χ0) is 4.12. The summed E-state index contributed by atoms with van der Waals surface area (Å²) in [5, 5.41) is 2.97. The molecule has 0 aliphatic heterocycles. The molecule has 0 aromatic carbocycles. The minimum Gasteiger partial charge on any atom is -0.100 e. The van der Waals surface area contributed by atoms with Crippen LogP contribution in [0.5, 0.6) is 0 Å². The van der Waals surface area contributed by atoms with Gasteiger partial charge in [0.1, 0.15) is 0 Å². The molecule has 0 saturated heterocycles. The Morgan fingerprint density at radius 2 is 1.50 bits per heavy atom. The largest absolute Gasteiger partial charge is 0.236 e. The van der Waals surface area contributed by atoms with E-state index in [1.165, 1.54) is 10.6 Å². The van der Waals surface area contributed by atoms with Crippen molar-refractivity contribution in [1.82, 2.24) is 0 Å². The van der Waals surface area contributed by atoms with E-state index in [4.69, 9.17) is 0 Å². The summed E-state index contributed by atoms with van der Waals surface area (Å²) in [7, 11) is 0. The van der Waals surface area contributed by atoms with E-state index in [1.807, 2.05) is 0 Å².